The summed E-state index contributed by atoms with van der Waals surface area (Å²) in [6.45, 7) is 3.61. The van der Waals surface area contributed by atoms with Gasteiger partial charge >= 0.3 is 12.0 Å². The van der Waals surface area contributed by atoms with Crippen LogP contribution in [0.5, 0.6) is 0 Å². The molecule has 0 bridgehead atoms. The average Bonchev–Trinajstić information content (AvgIpc) is 3.55. The van der Waals surface area contributed by atoms with E-state index in [1.807, 2.05) is 46.7 Å². The molecule has 2 aliphatic rings. The molecule has 0 saturated carbocycles. The van der Waals surface area contributed by atoms with Crippen LogP contribution in [0.4, 0.5) is 4.79 Å². The SMILES string of the molecule is O=C(O)c1c(CN2CCN(C(=O)N3CCCC3CO)CC2)c(-c2cccs2)nc2ccccc12. The van der Waals surface area contributed by atoms with Crippen molar-refractivity contribution >= 4 is 34.2 Å². The molecule has 2 aliphatic heterocycles. The van der Waals surface area contributed by atoms with Gasteiger partial charge in [-0.1, -0.05) is 24.3 Å². The standard InChI is InChI=1S/C25H28N4O4S/c30-16-17-5-3-9-29(17)25(33)28-12-10-27(11-13-28)15-19-22(24(31)32)18-6-1-2-7-20(18)26-23(19)21-8-4-14-34-21/h1-2,4,6-8,14,17,30H,3,5,9-13,15-16H2,(H,31,32). The molecule has 8 nitrogen and oxygen atoms in total. The number of amides is 2. The normalized spacial score (nSPS) is 19.1. The van der Waals surface area contributed by atoms with Crippen LogP contribution in [0.25, 0.3) is 21.5 Å². The number of benzene rings is 1. The minimum atomic E-state index is -0.954. The Balaban J connectivity index is 1.40. The third-order valence-electron chi connectivity index (χ3n) is 6.82. The van der Waals surface area contributed by atoms with E-state index in [4.69, 9.17) is 4.98 Å². The predicted octanol–water partition coefficient (Wildman–Crippen LogP) is 3.36. The van der Waals surface area contributed by atoms with E-state index in [1.54, 1.807) is 16.2 Å². The maximum Gasteiger partial charge on any atom is 0.336 e. The second-order valence-corrected chi connectivity index (χ2v) is 9.78. The average molecular weight is 481 g/mol. The lowest BCUT2D eigenvalue weighted by Crippen LogP contribution is -2.54. The summed E-state index contributed by atoms with van der Waals surface area (Å²) in [6.07, 6.45) is 1.77. The van der Waals surface area contributed by atoms with Crippen LogP contribution < -0.4 is 0 Å². The predicted molar refractivity (Wildman–Crippen MR) is 131 cm³/mol. The maximum atomic E-state index is 13.0. The number of aliphatic hydroxyl groups excluding tert-OH is 1. The number of rotatable bonds is 5. The topological polar surface area (TPSA) is 97.2 Å². The van der Waals surface area contributed by atoms with E-state index in [2.05, 4.69) is 4.90 Å². The summed E-state index contributed by atoms with van der Waals surface area (Å²) in [6, 6.07) is 11.2. The lowest BCUT2D eigenvalue weighted by atomic mass is 9.98. The van der Waals surface area contributed by atoms with Gasteiger partial charge in [-0.3, -0.25) is 4.90 Å². The molecule has 0 aliphatic carbocycles. The third-order valence-corrected chi connectivity index (χ3v) is 7.70. The van der Waals surface area contributed by atoms with E-state index >= 15 is 0 Å². The molecule has 2 fully saturated rings. The van der Waals surface area contributed by atoms with Crippen molar-refractivity contribution in [3.63, 3.8) is 0 Å². The molecule has 1 unspecified atom stereocenters. The molecule has 0 spiro atoms. The first kappa shape index (κ1) is 22.8. The van der Waals surface area contributed by atoms with Crippen LogP contribution in [0.15, 0.2) is 41.8 Å². The van der Waals surface area contributed by atoms with E-state index in [-0.39, 0.29) is 18.7 Å². The first-order valence-corrected chi connectivity index (χ1v) is 12.5. The van der Waals surface area contributed by atoms with Gasteiger partial charge in [-0.05, 0) is 30.4 Å². The molecule has 2 amide bonds. The lowest BCUT2D eigenvalue weighted by molar-refractivity contribution is 0.0695. The molecule has 0 radical (unpaired) electrons. The number of carbonyl (C=O) groups excluding carboxylic acids is 1. The second kappa shape index (κ2) is 9.69. The van der Waals surface area contributed by atoms with Gasteiger partial charge < -0.3 is 20.0 Å². The first-order chi connectivity index (χ1) is 16.6. The fourth-order valence-electron chi connectivity index (χ4n) is 5.05. The Morgan fingerprint density at radius 3 is 2.56 bits per heavy atom. The molecular formula is C25H28N4O4S. The number of thiophene rings is 1. The third kappa shape index (κ3) is 4.26. The van der Waals surface area contributed by atoms with Crippen LogP contribution in [0.3, 0.4) is 0 Å². The van der Waals surface area contributed by atoms with E-state index in [1.165, 1.54) is 0 Å². The number of hydrogen-bond donors (Lipinski definition) is 2. The summed E-state index contributed by atoms with van der Waals surface area (Å²) >= 11 is 1.55. The van der Waals surface area contributed by atoms with Crippen molar-refractivity contribution in [1.82, 2.24) is 19.7 Å². The number of para-hydroxylation sites is 1. The summed E-state index contributed by atoms with van der Waals surface area (Å²) in [5.74, 6) is -0.954. The van der Waals surface area contributed by atoms with Gasteiger partial charge in [0.05, 0.1) is 34.3 Å². The number of pyridine rings is 1. The van der Waals surface area contributed by atoms with E-state index < -0.39 is 5.97 Å². The molecule has 5 rings (SSSR count). The van der Waals surface area contributed by atoms with Crippen molar-refractivity contribution in [2.24, 2.45) is 0 Å². The van der Waals surface area contributed by atoms with E-state index in [9.17, 15) is 19.8 Å². The number of hydrogen-bond acceptors (Lipinski definition) is 6. The molecule has 34 heavy (non-hydrogen) atoms. The molecule has 9 heteroatoms. The van der Waals surface area contributed by atoms with Crippen molar-refractivity contribution in [2.75, 3.05) is 39.3 Å². The van der Waals surface area contributed by atoms with Crippen molar-refractivity contribution in [2.45, 2.75) is 25.4 Å². The van der Waals surface area contributed by atoms with Crippen LogP contribution in [-0.4, -0.2) is 87.3 Å². The Hall–Kier alpha value is -3.01. The molecule has 1 aromatic carbocycles. The number of aromatic nitrogens is 1. The van der Waals surface area contributed by atoms with Crippen molar-refractivity contribution < 1.29 is 19.8 Å². The fourth-order valence-corrected chi connectivity index (χ4v) is 5.79. The molecular weight excluding hydrogens is 452 g/mol. The Labute approximate surface area is 202 Å². The minimum absolute atomic E-state index is 0.00410. The summed E-state index contributed by atoms with van der Waals surface area (Å²) in [5.41, 5.74) is 2.41. The number of carbonyl (C=O) groups is 2. The molecule has 2 aromatic heterocycles. The summed E-state index contributed by atoms with van der Waals surface area (Å²) in [5, 5.41) is 22.4. The summed E-state index contributed by atoms with van der Waals surface area (Å²) in [4.78, 5) is 37.0. The number of urea groups is 1. The molecule has 178 valence electrons. The highest BCUT2D eigenvalue weighted by molar-refractivity contribution is 7.13. The zero-order valence-electron chi connectivity index (χ0n) is 18.9. The lowest BCUT2D eigenvalue weighted by Gasteiger charge is -2.38. The van der Waals surface area contributed by atoms with E-state index in [0.29, 0.717) is 67.0 Å². The van der Waals surface area contributed by atoms with Crippen LogP contribution in [0.1, 0.15) is 28.8 Å². The highest BCUT2D eigenvalue weighted by atomic mass is 32.1. The monoisotopic (exact) mass is 480 g/mol. The van der Waals surface area contributed by atoms with Crippen LogP contribution >= 0.6 is 11.3 Å². The van der Waals surface area contributed by atoms with Crippen molar-refractivity contribution in [1.29, 1.82) is 0 Å². The van der Waals surface area contributed by atoms with Crippen LogP contribution in [0.2, 0.25) is 0 Å². The van der Waals surface area contributed by atoms with E-state index in [0.717, 1.165) is 17.7 Å². The zero-order chi connectivity index (χ0) is 23.7. The number of carboxylic acids is 1. The molecule has 3 aromatic rings. The van der Waals surface area contributed by atoms with Crippen LogP contribution in [-0.2, 0) is 6.54 Å². The Morgan fingerprint density at radius 1 is 1.06 bits per heavy atom. The first-order valence-electron chi connectivity index (χ1n) is 11.6. The highest BCUT2D eigenvalue weighted by Gasteiger charge is 2.33. The number of carboxylic acid groups (broad SMARTS) is 1. The zero-order valence-corrected chi connectivity index (χ0v) is 19.7. The number of piperazine rings is 1. The number of fused-ring (bicyclic) bond motifs is 1. The van der Waals surface area contributed by atoms with Gasteiger partial charge in [0.1, 0.15) is 0 Å². The number of likely N-dealkylation sites (tertiary alicyclic amines) is 1. The van der Waals surface area contributed by atoms with Gasteiger partial charge in [0.15, 0.2) is 0 Å². The number of nitrogens with zero attached hydrogens (tertiary/aromatic N) is 4. The summed E-state index contributed by atoms with van der Waals surface area (Å²) in [7, 11) is 0. The Morgan fingerprint density at radius 2 is 1.85 bits per heavy atom. The van der Waals surface area contributed by atoms with Gasteiger partial charge in [-0.25, -0.2) is 14.6 Å². The quantitative estimate of drug-likeness (QED) is 0.581. The number of aliphatic hydroxyl groups is 1. The van der Waals surface area contributed by atoms with Crippen molar-refractivity contribution in [3.05, 3.63) is 52.9 Å². The highest BCUT2D eigenvalue weighted by Crippen LogP contribution is 2.34. The molecule has 1 atom stereocenters. The summed E-state index contributed by atoms with van der Waals surface area (Å²) < 4.78 is 0. The second-order valence-electron chi connectivity index (χ2n) is 8.83. The van der Waals surface area contributed by atoms with Gasteiger partial charge in [-0.2, -0.15) is 0 Å². The van der Waals surface area contributed by atoms with Gasteiger partial charge in [-0.15, -0.1) is 11.3 Å². The smallest absolute Gasteiger partial charge is 0.336 e. The maximum absolute atomic E-state index is 13.0. The minimum Gasteiger partial charge on any atom is -0.478 e. The largest absolute Gasteiger partial charge is 0.478 e. The molecule has 4 heterocycles. The Bertz CT molecular complexity index is 1190. The Kier molecular flexibility index (Phi) is 6.49. The van der Waals surface area contributed by atoms with Crippen molar-refractivity contribution in [3.8, 4) is 10.6 Å². The fraction of sp³-hybridized carbons (Fsp3) is 0.400. The van der Waals surface area contributed by atoms with Gasteiger partial charge in [0.25, 0.3) is 0 Å². The van der Waals surface area contributed by atoms with Crippen LogP contribution in [0, 0.1) is 0 Å². The number of aromatic carboxylic acids is 1. The van der Waals surface area contributed by atoms with Gasteiger partial charge in [0.2, 0.25) is 0 Å². The van der Waals surface area contributed by atoms with Gasteiger partial charge in [0, 0.05) is 50.2 Å². The molecule has 2 saturated heterocycles. The molecule has 2 N–H and O–H groups in total.